The van der Waals surface area contributed by atoms with Crippen LogP contribution in [-0.2, 0) is 16.4 Å². The molecule has 7 nitrogen and oxygen atoms in total. The third kappa shape index (κ3) is 3.46. The number of aromatic amines is 1. The molecule has 1 heterocycles. The van der Waals surface area contributed by atoms with Gasteiger partial charge in [0.1, 0.15) is 10.6 Å². The number of ether oxygens (including phenoxy) is 1. The van der Waals surface area contributed by atoms with Crippen LogP contribution in [0.25, 0.3) is 0 Å². The normalized spacial score (nSPS) is 11.3. The van der Waals surface area contributed by atoms with E-state index in [9.17, 15) is 8.42 Å². The van der Waals surface area contributed by atoms with Gasteiger partial charge in [-0.15, -0.1) is 0 Å². The molecule has 21 heavy (non-hydrogen) atoms. The summed E-state index contributed by atoms with van der Waals surface area (Å²) in [5.74, 6) is 0.462. The van der Waals surface area contributed by atoms with Gasteiger partial charge in [-0.25, -0.2) is 8.42 Å². The molecule has 0 aliphatic rings. The molecule has 0 amide bonds. The number of aryl methyl sites for hydroxylation is 1. The van der Waals surface area contributed by atoms with Crippen LogP contribution in [0.4, 0.5) is 11.5 Å². The van der Waals surface area contributed by atoms with Crippen LogP contribution in [0.1, 0.15) is 19.0 Å². The number of rotatable bonds is 6. The molecular weight excluding hydrogens is 292 g/mol. The van der Waals surface area contributed by atoms with Crippen LogP contribution in [0.3, 0.4) is 0 Å². The van der Waals surface area contributed by atoms with Gasteiger partial charge >= 0.3 is 0 Å². The number of nitrogen functional groups attached to an aromatic ring is 1. The van der Waals surface area contributed by atoms with Gasteiger partial charge in [0.25, 0.3) is 10.0 Å². The first-order chi connectivity index (χ1) is 9.96. The summed E-state index contributed by atoms with van der Waals surface area (Å²) in [7, 11) is -2.42. The van der Waals surface area contributed by atoms with Gasteiger partial charge in [0.2, 0.25) is 0 Å². The van der Waals surface area contributed by atoms with E-state index in [0.717, 1.165) is 18.5 Å². The SMILES string of the molecule is CCCc1cc(NS(=O)(=O)c2cc(N)ccc2OC)n[nH]1. The van der Waals surface area contributed by atoms with Gasteiger partial charge in [-0.05, 0) is 24.6 Å². The van der Waals surface area contributed by atoms with E-state index >= 15 is 0 Å². The zero-order valence-electron chi connectivity index (χ0n) is 11.9. The van der Waals surface area contributed by atoms with Crippen LogP contribution in [-0.4, -0.2) is 25.7 Å². The summed E-state index contributed by atoms with van der Waals surface area (Å²) in [5.41, 5.74) is 6.85. The molecule has 1 aromatic heterocycles. The lowest BCUT2D eigenvalue weighted by atomic mass is 10.2. The zero-order chi connectivity index (χ0) is 15.5. The minimum Gasteiger partial charge on any atom is -0.495 e. The third-order valence-electron chi connectivity index (χ3n) is 2.87. The summed E-state index contributed by atoms with van der Waals surface area (Å²) in [4.78, 5) is -0.0231. The third-order valence-corrected chi connectivity index (χ3v) is 4.24. The minimum atomic E-state index is -3.82. The maximum Gasteiger partial charge on any atom is 0.266 e. The van der Waals surface area contributed by atoms with Gasteiger partial charge in [0, 0.05) is 17.4 Å². The first kappa shape index (κ1) is 15.2. The lowest BCUT2D eigenvalue weighted by Crippen LogP contribution is -2.14. The largest absolute Gasteiger partial charge is 0.495 e. The van der Waals surface area contributed by atoms with Gasteiger partial charge in [0.05, 0.1) is 7.11 Å². The number of H-pyrrole nitrogens is 1. The van der Waals surface area contributed by atoms with Gasteiger partial charge in [0.15, 0.2) is 5.82 Å². The molecule has 0 fully saturated rings. The lowest BCUT2D eigenvalue weighted by molar-refractivity contribution is 0.403. The minimum absolute atomic E-state index is 0.0231. The summed E-state index contributed by atoms with van der Waals surface area (Å²) >= 11 is 0. The average molecular weight is 310 g/mol. The molecule has 2 rings (SSSR count). The second-order valence-corrected chi connectivity index (χ2v) is 6.20. The molecule has 0 aliphatic heterocycles. The summed E-state index contributed by atoms with van der Waals surface area (Å²) < 4.78 is 32.3. The standard InChI is InChI=1S/C13H18N4O3S/c1-3-4-10-8-13(16-15-10)17-21(18,19)12-7-9(14)5-6-11(12)20-2/h5-8H,3-4,14H2,1-2H3,(H2,15,16,17). The molecule has 0 saturated carbocycles. The fourth-order valence-electron chi connectivity index (χ4n) is 1.91. The highest BCUT2D eigenvalue weighted by atomic mass is 32.2. The molecule has 0 bridgehead atoms. The number of benzene rings is 1. The monoisotopic (exact) mass is 310 g/mol. The second-order valence-electron chi connectivity index (χ2n) is 4.54. The van der Waals surface area contributed by atoms with Crippen LogP contribution in [0.2, 0.25) is 0 Å². The number of anilines is 2. The van der Waals surface area contributed by atoms with E-state index in [1.54, 1.807) is 12.1 Å². The van der Waals surface area contributed by atoms with Crippen LogP contribution in [0.15, 0.2) is 29.2 Å². The van der Waals surface area contributed by atoms with E-state index in [1.807, 2.05) is 6.92 Å². The maximum atomic E-state index is 12.4. The number of aromatic nitrogens is 2. The number of hydrogen-bond acceptors (Lipinski definition) is 5. The Morgan fingerprint density at radius 2 is 2.14 bits per heavy atom. The van der Waals surface area contributed by atoms with Crippen LogP contribution in [0, 0.1) is 0 Å². The fraction of sp³-hybridized carbons (Fsp3) is 0.308. The van der Waals surface area contributed by atoms with Crippen molar-refractivity contribution in [3.05, 3.63) is 30.0 Å². The Morgan fingerprint density at radius 1 is 1.38 bits per heavy atom. The highest BCUT2D eigenvalue weighted by molar-refractivity contribution is 7.92. The number of hydrogen-bond donors (Lipinski definition) is 3. The van der Waals surface area contributed by atoms with Gasteiger partial charge in [-0.2, -0.15) is 5.10 Å². The Morgan fingerprint density at radius 3 is 2.81 bits per heavy atom. The molecule has 0 aliphatic carbocycles. The van der Waals surface area contributed by atoms with Crippen LogP contribution < -0.4 is 15.2 Å². The summed E-state index contributed by atoms with van der Waals surface area (Å²) in [6.07, 6.45) is 1.74. The molecule has 2 aromatic rings. The average Bonchev–Trinajstić information content (AvgIpc) is 2.86. The predicted molar refractivity (Wildman–Crippen MR) is 80.8 cm³/mol. The molecule has 1 aromatic carbocycles. The van der Waals surface area contributed by atoms with Crippen LogP contribution in [0.5, 0.6) is 5.75 Å². The molecule has 0 atom stereocenters. The summed E-state index contributed by atoms with van der Waals surface area (Å²) in [6.45, 7) is 2.03. The van der Waals surface area contributed by atoms with Crippen molar-refractivity contribution in [2.75, 3.05) is 17.6 Å². The quantitative estimate of drug-likeness (QED) is 0.704. The molecule has 4 N–H and O–H groups in total. The van der Waals surface area contributed by atoms with Crippen molar-refractivity contribution < 1.29 is 13.2 Å². The first-order valence-electron chi connectivity index (χ1n) is 6.47. The van der Waals surface area contributed by atoms with Crippen LogP contribution >= 0.6 is 0 Å². The smallest absolute Gasteiger partial charge is 0.266 e. The Hall–Kier alpha value is -2.22. The van der Waals surface area contributed by atoms with Crippen molar-refractivity contribution in [3.63, 3.8) is 0 Å². The number of methoxy groups -OCH3 is 1. The highest BCUT2D eigenvalue weighted by Crippen LogP contribution is 2.27. The molecule has 0 unspecified atom stereocenters. The predicted octanol–water partition coefficient (Wildman–Crippen LogP) is 1.75. The molecule has 0 saturated heterocycles. The number of nitrogens with zero attached hydrogens (tertiary/aromatic N) is 1. The zero-order valence-corrected chi connectivity index (χ0v) is 12.7. The van der Waals surface area contributed by atoms with Crippen molar-refractivity contribution in [1.82, 2.24) is 10.2 Å². The van der Waals surface area contributed by atoms with Crippen molar-refractivity contribution in [1.29, 1.82) is 0 Å². The van der Waals surface area contributed by atoms with Gasteiger partial charge < -0.3 is 10.5 Å². The first-order valence-corrected chi connectivity index (χ1v) is 7.95. The molecular formula is C13H18N4O3S. The Labute approximate surface area is 123 Å². The summed E-state index contributed by atoms with van der Waals surface area (Å²) in [6, 6.07) is 6.10. The van der Waals surface area contributed by atoms with Crippen molar-refractivity contribution in [3.8, 4) is 5.75 Å². The second kappa shape index (κ2) is 6.04. The van der Waals surface area contributed by atoms with E-state index < -0.39 is 10.0 Å². The molecule has 8 heteroatoms. The number of sulfonamides is 1. The fourth-order valence-corrected chi connectivity index (χ4v) is 3.10. The van der Waals surface area contributed by atoms with E-state index in [-0.39, 0.29) is 16.5 Å². The Kier molecular flexibility index (Phi) is 4.37. The van der Waals surface area contributed by atoms with Crippen molar-refractivity contribution >= 4 is 21.5 Å². The summed E-state index contributed by atoms with van der Waals surface area (Å²) in [5, 5.41) is 6.72. The van der Waals surface area contributed by atoms with E-state index in [0.29, 0.717) is 5.69 Å². The Bertz CT molecular complexity index is 725. The number of nitrogens with two attached hydrogens (primary N) is 1. The molecule has 0 radical (unpaired) electrons. The van der Waals surface area contributed by atoms with E-state index in [4.69, 9.17) is 10.5 Å². The molecule has 114 valence electrons. The van der Waals surface area contributed by atoms with E-state index in [2.05, 4.69) is 14.9 Å². The topological polar surface area (TPSA) is 110 Å². The van der Waals surface area contributed by atoms with Crippen molar-refractivity contribution in [2.24, 2.45) is 0 Å². The Balaban J connectivity index is 2.31. The van der Waals surface area contributed by atoms with E-state index in [1.165, 1.54) is 19.2 Å². The number of nitrogens with one attached hydrogen (secondary N) is 2. The van der Waals surface area contributed by atoms with Gasteiger partial charge in [-0.3, -0.25) is 9.82 Å². The van der Waals surface area contributed by atoms with Crippen molar-refractivity contribution in [2.45, 2.75) is 24.7 Å². The van der Waals surface area contributed by atoms with Gasteiger partial charge in [-0.1, -0.05) is 13.3 Å². The lowest BCUT2D eigenvalue weighted by Gasteiger charge is -2.10. The highest BCUT2D eigenvalue weighted by Gasteiger charge is 2.21. The molecule has 0 spiro atoms. The maximum absolute atomic E-state index is 12.4.